The third-order valence-electron chi connectivity index (χ3n) is 5.12. The summed E-state index contributed by atoms with van der Waals surface area (Å²) in [6.07, 6.45) is -0.521. The number of aromatic amines is 1. The molecule has 4 rings (SSSR count). The summed E-state index contributed by atoms with van der Waals surface area (Å²) in [6, 6.07) is 12.8. The van der Waals surface area contributed by atoms with E-state index in [0.29, 0.717) is 29.1 Å². The summed E-state index contributed by atoms with van der Waals surface area (Å²) in [4.78, 5) is 27.9. The first-order valence-electron chi connectivity index (χ1n) is 9.36. The minimum Gasteiger partial charge on any atom is -0.482 e. The fourth-order valence-electron chi connectivity index (χ4n) is 3.63. The van der Waals surface area contributed by atoms with Crippen molar-refractivity contribution in [3.05, 3.63) is 63.9 Å². The van der Waals surface area contributed by atoms with E-state index >= 15 is 0 Å². The lowest BCUT2D eigenvalue weighted by Crippen LogP contribution is -2.46. The number of hydrogen-bond donors (Lipinski definition) is 2. The molecular formula is C22H22N2O4. The highest BCUT2D eigenvalue weighted by Crippen LogP contribution is 2.33. The zero-order valence-electron chi connectivity index (χ0n) is 16.0. The van der Waals surface area contributed by atoms with Crippen molar-refractivity contribution in [2.45, 2.75) is 39.4 Å². The quantitative estimate of drug-likeness (QED) is 0.730. The summed E-state index contributed by atoms with van der Waals surface area (Å²) < 4.78 is 11.6. The molecule has 2 heterocycles. The molecule has 0 spiro atoms. The minimum atomic E-state index is -0.770. The summed E-state index contributed by atoms with van der Waals surface area (Å²) in [6.45, 7) is 5.71. The smallest absolute Gasteiger partial charge is 0.269 e. The molecular weight excluding hydrogens is 356 g/mol. The molecule has 0 bridgehead atoms. The van der Waals surface area contributed by atoms with Crippen LogP contribution in [0, 0.1) is 6.92 Å². The molecule has 2 aromatic carbocycles. The number of fused-ring (bicyclic) bond motifs is 2. The number of aryl methyl sites for hydroxylation is 1. The Kier molecular flexibility index (Phi) is 4.55. The summed E-state index contributed by atoms with van der Waals surface area (Å²) in [5.41, 5.74) is 2.94. The first-order chi connectivity index (χ1) is 13.5. The number of H-pyrrole nitrogens is 1. The second-order valence-electron chi connectivity index (χ2n) is 6.97. The molecule has 144 valence electrons. The zero-order chi connectivity index (χ0) is 19.8. The maximum atomic E-state index is 12.8. The van der Waals surface area contributed by atoms with Crippen molar-refractivity contribution in [3.63, 3.8) is 0 Å². The topological polar surface area (TPSA) is 80.4 Å². The number of para-hydroxylation sites is 2. The van der Waals surface area contributed by atoms with Gasteiger partial charge >= 0.3 is 0 Å². The van der Waals surface area contributed by atoms with Gasteiger partial charge in [0.15, 0.2) is 11.5 Å². The second-order valence-corrected chi connectivity index (χ2v) is 6.97. The third-order valence-corrected chi connectivity index (χ3v) is 5.12. The van der Waals surface area contributed by atoms with Gasteiger partial charge in [-0.3, -0.25) is 9.59 Å². The van der Waals surface area contributed by atoms with Crippen LogP contribution in [-0.4, -0.2) is 23.1 Å². The first kappa shape index (κ1) is 18.1. The Morgan fingerprint density at radius 1 is 1.14 bits per heavy atom. The Morgan fingerprint density at radius 2 is 1.86 bits per heavy atom. The normalized spacial score (nSPS) is 18.1. The molecule has 6 nitrogen and oxygen atoms in total. The van der Waals surface area contributed by atoms with E-state index in [1.807, 2.05) is 44.2 Å². The lowest BCUT2D eigenvalue weighted by atomic mass is 10.0. The van der Waals surface area contributed by atoms with Gasteiger partial charge in [-0.15, -0.1) is 0 Å². The Labute approximate surface area is 162 Å². The van der Waals surface area contributed by atoms with Crippen molar-refractivity contribution >= 4 is 22.5 Å². The molecule has 0 saturated carbocycles. The molecule has 0 aliphatic carbocycles. The Hall–Kier alpha value is -3.28. The fourth-order valence-corrected chi connectivity index (χ4v) is 3.63. The van der Waals surface area contributed by atoms with Crippen LogP contribution < -0.4 is 20.3 Å². The molecule has 2 unspecified atom stereocenters. The highest BCUT2D eigenvalue weighted by atomic mass is 16.6. The molecule has 1 aliphatic heterocycles. The van der Waals surface area contributed by atoms with E-state index < -0.39 is 12.2 Å². The monoisotopic (exact) mass is 378 g/mol. The van der Waals surface area contributed by atoms with Crippen LogP contribution in [0.1, 0.15) is 25.0 Å². The Morgan fingerprint density at radius 3 is 2.57 bits per heavy atom. The van der Waals surface area contributed by atoms with Gasteiger partial charge in [0.2, 0.25) is 6.10 Å². The van der Waals surface area contributed by atoms with Gasteiger partial charge in [-0.05, 0) is 50.1 Å². The molecule has 0 saturated heterocycles. The molecule has 1 aliphatic rings. The summed E-state index contributed by atoms with van der Waals surface area (Å²) in [5, 5.41) is 3.83. The number of benzene rings is 2. The largest absolute Gasteiger partial charge is 0.482 e. The Balaban J connectivity index is 1.60. The third kappa shape index (κ3) is 3.11. The highest BCUT2D eigenvalue weighted by Gasteiger charge is 2.34. The summed E-state index contributed by atoms with van der Waals surface area (Å²) >= 11 is 0. The van der Waals surface area contributed by atoms with Crippen molar-refractivity contribution in [2.75, 3.05) is 5.32 Å². The molecule has 6 heteroatoms. The van der Waals surface area contributed by atoms with Gasteiger partial charge in [0.25, 0.3) is 11.5 Å². The molecule has 0 fully saturated rings. The fraction of sp³-hybridized carbons (Fsp3) is 0.273. The lowest BCUT2D eigenvalue weighted by Gasteiger charge is -2.31. The number of hydrogen-bond acceptors (Lipinski definition) is 4. The lowest BCUT2D eigenvalue weighted by molar-refractivity contribution is -0.128. The maximum Gasteiger partial charge on any atom is 0.269 e. The number of aromatic nitrogens is 1. The van der Waals surface area contributed by atoms with Crippen LogP contribution >= 0.6 is 0 Å². The number of amides is 1. The average Bonchev–Trinajstić information content (AvgIpc) is 2.67. The van der Waals surface area contributed by atoms with Crippen LogP contribution in [0.5, 0.6) is 11.5 Å². The van der Waals surface area contributed by atoms with Gasteiger partial charge in [-0.25, -0.2) is 0 Å². The molecule has 28 heavy (non-hydrogen) atoms. The maximum absolute atomic E-state index is 12.8. The van der Waals surface area contributed by atoms with E-state index in [1.165, 1.54) is 0 Å². The van der Waals surface area contributed by atoms with E-state index in [9.17, 15) is 9.59 Å². The van der Waals surface area contributed by atoms with Crippen molar-refractivity contribution in [2.24, 2.45) is 0 Å². The van der Waals surface area contributed by atoms with Crippen LogP contribution in [0.4, 0.5) is 5.69 Å². The van der Waals surface area contributed by atoms with E-state index in [2.05, 4.69) is 10.3 Å². The van der Waals surface area contributed by atoms with Gasteiger partial charge in [-0.2, -0.15) is 0 Å². The first-order valence-corrected chi connectivity index (χ1v) is 9.36. The standard InChI is InChI=1S/C22H22N2O4/c1-4-15-12(2)16-10-9-14(11-17(16)24-21(15)25)23-22(26)20-13(3)27-18-7-5-6-8-19(18)28-20/h5-11,13,20H,4H2,1-3H3,(H,23,26)(H,24,25). The minimum absolute atomic E-state index is 0.0924. The molecule has 2 atom stereocenters. The number of anilines is 1. The highest BCUT2D eigenvalue weighted by molar-refractivity contribution is 5.97. The van der Waals surface area contributed by atoms with Crippen LogP contribution in [0.15, 0.2) is 47.3 Å². The van der Waals surface area contributed by atoms with Crippen LogP contribution in [-0.2, 0) is 11.2 Å². The number of rotatable bonds is 3. The Bertz CT molecular complexity index is 1120. The van der Waals surface area contributed by atoms with Gasteiger partial charge in [-0.1, -0.05) is 25.1 Å². The average molecular weight is 378 g/mol. The van der Waals surface area contributed by atoms with Crippen LogP contribution in [0.25, 0.3) is 10.9 Å². The molecule has 1 aromatic heterocycles. The van der Waals surface area contributed by atoms with Crippen LogP contribution in [0.2, 0.25) is 0 Å². The molecule has 1 amide bonds. The SMILES string of the molecule is CCc1c(C)c2ccc(NC(=O)C3Oc4ccccc4OC3C)cc2[nH]c1=O. The van der Waals surface area contributed by atoms with Crippen molar-refractivity contribution in [3.8, 4) is 11.5 Å². The van der Waals surface area contributed by atoms with Crippen molar-refractivity contribution in [1.29, 1.82) is 0 Å². The van der Waals surface area contributed by atoms with E-state index in [0.717, 1.165) is 16.5 Å². The second kappa shape index (κ2) is 7.03. The predicted octanol–water partition coefficient (Wildman–Crippen LogP) is 3.57. The van der Waals surface area contributed by atoms with Gasteiger partial charge in [0, 0.05) is 16.6 Å². The number of pyridine rings is 1. The van der Waals surface area contributed by atoms with E-state index in [1.54, 1.807) is 19.1 Å². The van der Waals surface area contributed by atoms with Gasteiger partial charge in [0.1, 0.15) is 6.10 Å². The van der Waals surface area contributed by atoms with Gasteiger partial charge in [0.05, 0.1) is 5.52 Å². The number of carbonyl (C=O) groups excluding carboxylic acids is 1. The molecule has 0 radical (unpaired) electrons. The van der Waals surface area contributed by atoms with Crippen LogP contribution in [0.3, 0.4) is 0 Å². The summed E-state index contributed by atoms with van der Waals surface area (Å²) in [7, 11) is 0. The van der Waals surface area contributed by atoms with Crippen molar-refractivity contribution in [1.82, 2.24) is 4.98 Å². The van der Waals surface area contributed by atoms with Gasteiger partial charge < -0.3 is 19.8 Å². The van der Waals surface area contributed by atoms with E-state index in [-0.39, 0.29) is 11.5 Å². The number of nitrogens with one attached hydrogen (secondary N) is 2. The number of carbonyl (C=O) groups is 1. The van der Waals surface area contributed by atoms with Crippen molar-refractivity contribution < 1.29 is 14.3 Å². The zero-order valence-corrected chi connectivity index (χ0v) is 16.0. The molecule has 2 N–H and O–H groups in total. The molecule has 3 aromatic rings. The number of ether oxygens (including phenoxy) is 2. The predicted molar refractivity (Wildman–Crippen MR) is 108 cm³/mol. The van der Waals surface area contributed by atoms with E-state index in [4.69, 9.17) is 9.47 Å². The summed E-state index contributed by atoms with van der Waals surface area (Å²) in [5.74, 6) is 0.876.